The van der Waals surface area contributed by atoms with Crippen molar-refractivity contribution in [1.82, 2.24) is 20.2 Å². The number of nitrogens with zero attached hydrogens (tertiary/aromatic N) is 3. The summed E-state index contributed by atoms with van der Waals surface area (Å²) < 4.78 is 15.5. The lowest BCUT2D eigenvalue weighted by Gasteiger charge is -2.16. The molecule has 1 unspecified atom stereocenters. The average Bonchev–Trinajstić information content (AvgIpc) is 2.76. The summed E-state index contributed by atoms with van der Waals surface area (Å²) in [5, 5.41) is 4.03. The molecule has 1 aromatic carbocycles. The van der Waals surface area contributed by atoms with Crippen LogP contribution in [-0.4, -0.2) is 14.8 Å². The molecule has 0 spiro atoms. The Morgan fingerprint density at radius 2 is 2.33 bits per heavy atom. The smallest absolute Gasteiger partial charge is 0.146 e. The first-order valence-corrected chi connectivity index (χ1v) is 5.74. The van der Waals surface area contributed by atoms with Crippen molar-refractivity contribution in [3.05, 3.63) is 46.8 Å². The fourth-order valence-corrected chi connectivity index (χ4v) is 1.92. The van der Waals surface area contributed by atoms with Crippen LogP contribution in [0.1, 0.15) is 17.4 Å². The van der Waals surface area contributed by atoms with Crippen LogP contribution in [0.25, 0.3) is 0 Å². The minimum atomic E-state index is -0.468. The first-order chi connectivity index (χ1) is 8.63. The van der Waals surface area contributed by atoms with Gasteiger partial charge < -0.3 is 0 Å². The number of halogens is 2. The Morgan fingerprint density at radius 1 is 1.56 bits per heavy atom. The number of benzene rings is 1. The van der Waals surface area contributed by atoms with Gasteiger partial charge >= 0.3 is 0 Å². The van der Waals surface area contributed by atoms with Crippen LogP contribution < -0.4 is 11.3 Å². The second-order valence-corrected chi connectivity index (χ2v) is 4.27. The predicted octanol–water partition coefficient (Wildman–Crippen LogP) is 1.35. The van der Waals surface area contributed by atoms with E-state index in [0.717, 1.165) is 0 Å². The molecule has 1 aromatic heterocycles. The van der Waals surface area contributed by atoms with Gasteiger partial charge in [-0.3, -0.25) is 16.0 Å². The highest BCUT2D eigenvalue weighted by Gasteiger charge is 2.18. The standard InChI is InChI=1S/C11H13ClFN5/c1-18-10(15-6-16-18)5-9(17-14)7-3-2-4-8(12)11(7)13/h2-4,6,9,17H,5,14H2,1H3. The highest BCUT2D eigenvalue weighted by Crippen LogP contribution is 2.24. The van der Waals surface area contributed by atoms with Gasteiger partial charge in [-0.2, -0.15) is 5.10 Å². The molecule has 7 heteroatoms. The molecule has 1 atom stereocenters. The molecule has 0 bridgehead atoms. The van der Waals surface area contributed by atoms with Crippen molar-refractivity contribution in [3.8, 4) is 0 Å². The fourth-order valence-electron chi connectivity index (χ4n) is 1.74. The summed E-state index contributed by atoms with van der Waals surface area (Å²) in [6.45, 7) is 0. The molecular weight excluding hydrogens is 257 g/mol. The molecule has 2 rings (SSSR count). The van der Waals surface area contributed by atoms with E-state index in [9.17, 15) is 4.39 Å². The third-order valence-electron chi connectivity index (χ3n) is 2.75. The van der Waals surface area contributed by atoms with Gasteiger partial charge in [0, 0.05) is 19.0 Å². The normalized spacial score (nSPS) is 12.7. The number of rotatable bonds is 4. The third kappa shape index (κ3) is 2.50. The minimum absolute atomic E-state index is 0.0747. The number of nitrogens with one attached hydrogen (secondary N) is 1. The van der Waals surface area contributed by atoms with E-state index in [-0.39, 0.29) is 5.02 Å². The molecule has 0 saturated heterocycles. The van der Waals surface area contributed by atoms with E-state index in [1.807, 2.05) is 0 Å². The lowest BCUT2D eigenvalue weighted by Crippen LogP contribution is -2.31. The number of hydrogen-bond donors (Lipinski definition) is 2. The number of hydrogen-bond acceptors (Lipinski definition) is 4. The molecule has 0 radical (unpaired) electrons. The van der Waals surface area contributed by atoms with E-state index < -0.39 is 11.9 Å². The maximum atomic E-state index is 13.9. The van der Waals surface area contributed by atoms with Gasteiger partial charge in [0.15, 0.2) is 0 Å². The SMILES string of the molecule is Cn1ncnc1CC(NN)c1cccc(Cl)c1F. The van der Waals surface area contributed by atoms with Crippen LogP contribution in [-0.2, 0) is 13.5 Å². The van der Waals surface area contributed by atoms with Gasteiger partial charge in [0.2, 0.25) is 0 Å². The summed E-state index contributed by atoms with van der Waals surface area (Å²) in [6, 6.07) is 4.41. The summed E-state index contributed by atoms with van der Waals surface area (Å²) in [7, 11) is 1.77. The molecule has 3 N–H and O–H groups in total. The highest BCUT2D eigenvalue weighted by molar-refractivity contribution is 6.30. The Balaban J connectivity index is 2.29. The molecule has 2 aromatic rings. The van der Waals surface area contributed by atoms with E-state index in [2.05, 4.69) is 15.5 Å². The second kappa shape index (κ2) is 5.43. The maximum Gasteiger partial charge on any atom is 0.146 e. The molecule has 18 heavy (non-hydrogen) atoms. The molecule has 5 nitrogen and oxygen atoms in total. The Kier molecular flexibility index (Phi) is 3.90. The van der Waals surface area contributed by atoms with E-state index in [4.69, 9.17) is 17.4 Å². The van der Waals surface area contributed by atoms with Gasteiger partial charge in [-0.05, 0) is 6.07 Å². The van der Waals surface area contributed by atoms with Crippen molar-refractivity contribution in [2.75, 3.05) is 0 Å². The molecular formula is C11H13ClFN5. The zero-order valence-corrected chi connectivity index (χ0v) is 10.5. The van der Waals surface area contributed by atoms with Crippen LogP contribution >= 0.6 is 11.6 Å². The monoisotopic (exact) mass is 269 g/mol. The van der Waals surface area contributed by atoms with Crippen molar-refractivity contribution < 1.29 is 4.39 Å². The summed E-state index contributed by atoms with van der Waals surface area (Å²) in [4.78, 5) is 4.08. The molecule has 0 aliphatic carbocycles. The summed E-state index contributed by atoms with van der Waals surface area (Å²) in [5.41, 5.74) is 2.98. The maximum absolute atomic E-state index is 13.9. The lowest BCUT2D eigenvalue weighted by molar-refractivity contribution is 0.493. The van der Waals surface area contributed by atoms with Crippen molar-refractivity contribution in [2.24, 2.45) is 12.9 Å². The van der Waals surface area contributed by atoms with Crippen LogP contribution in [0.2, 0.25) is 5.02 Å². The van der Waals surface area contributed by atoms with Gasteiger partial charge in [0.05, 0.1) is 11.1 Å². The number of nitrogens with two attached hydrogens (primary N) is 1. The van der Waals surface area contributed by atoms with E-state index >= 15 is 0 Å². The Bertz CT molecular complexity index is 542. The first-order valence-electron chi connectivity index (χ1n) is 5.36. The molecule has 1 heterocycles. The zero-order chi connectivity index (χ0) is 13.1. The molecule has 0 fully saturated rings. The van der Waals surface area contributed by atoms with Gasteiger partial charge in [-0.15, -0.1) is 0 Å². The largest absolute Gasteiger partial charge is 0.271 e. The van der Waals surface area contributed by atoms with Crippen molar-refractivity contribution in [2.45, 2.75) is 12.5 Å². The fraction of sp³-hybridized carbons (Fsp3) is 0.273. The van der Waals surface area contributed by atoms with E-state index in [1.165, 1.54) is 12.4 Å². The Morgan fingerprint density at radius 3 is 2.94 bits per heavy atom. The Labute approximate surface area is 109 Å². The molecule has 0 aliphatic rings. The van der Waals surface area contributed by atoms with Crippen molar-refractivity contribution in [1.29, 1.82) is 0 Å². The van der Waals surface area contributed by atoms with Gasteiger partial charge in [-0.1, -0.05) is 23.7 Å². The van der Waals surface area contributed by atoms with Crippen LogP contribution in [0.4, 0.5) is 4.39 Å². The van der Waals surface area contributed by atoms with Crippen LogP contribution in [0.15, 0.2) is 24.5 Å². The second-order valence-electron chi connectivity index (χ2n) is 3.87. The minimum Gasteiger partial charge on any atom is -0.271 e. The van der Waals surface area contributed by atoms with Crippen LogP contribution in [0.3, 0.4) is 0 Å². The third-order valence-corrected chi connectivity index (χ3v) is 3.04. The van der Waals surface area contributed by atoms with Gasteiger partial charge in [0.25, 0.3) is 0 Å². The summed E-state index contributed by atoms with van der Waals surface area (Å²) in [6.07, 6.45) is 1.86. The highest BCUT2D eigenvalue weighted by atomic mass is 35.5. The average molecular weight is 270 g/mol. The van der Waals surface area contributed by atoms with Crippen LogP contribution in [0, 0.1) is 5.82 Å². The van der Waals surface area contributed by atoms with Crippen molar-refractivity contribution >= 4 is 11.6 Å². The number of aromatic nitrogens is 3. The lowest BCUT2D eigenvalue weighted by atomic mass is 10.0. The molecule has 0 aliphatic heterocycles. The topological polar surface area (TPSA) is 68.8 Å². The molecule has 0 amide bonds. The molecule has 96 valence electrons. The quantitative estimate of drug-likeness (QED) is 0.649. The van der Waals surface area contributed by atoms with Gasteiger partial charge in [0.1, 0.15) is 18.0 Å². The summed E-state index contributed by atoms with van der Waals surface area (Å²) >= 11 is 5.75. The van der Waals surface area contributed by atoms with Gasteiger partial charge in [-0.25, -0.2) is 9.37 Å². The number of aryl methyl sites for hydroxylation is 1. The Hall–Kier alpha value is -1.50. The summed E-state index contributed by atoms with van der Waals surface area (Å²) in [5.74, 6) is 5.71. The first kappa shape index (κ1) is 12.9. The van der Waals surface area contributed by atoms with Crippen LogP contribution in [0.5, 0.6) is 0 Å². The zero-order valence-electron chi connectivity index (χ0n) is 9.77. The van der Waals surface area contributed by atoms with E-state index in [1.54, 1.807) is 23.9 Å². The number of hydrazine groups is 1. The predicted molar refractivity (Wildman–Crippen MR) is 66.2 cm³/mol. The molecule has 0 saturated carbocycles. The van der Waals surface area contributed by atoms with E-state index in [0.29, 0.717) is 17.8 Å². The van der Waals surface area contributed by atoms with Crippen molar-refractivity contribution in [3.63, 3.8) is 0 Å².